The maximum atomic E-state index is 10.6. The van der Waals surface area contributed by atoms with Crippen LogP contribution in [-0.2, 0) is 0 Å². The Morgan fingerprint density at radius 2 is 2.00 bits per heavy atom. The van der Waals surface area contributed by atoms with Gasteiger partial charge in [0.2, 0.25) is 11.9 Å². The Hall–Kier alpha value is -2.25. The summed E-state index contributed by atoms with van der Waals surface area (Å²) >= 11 is 0. The lowest BCUT2D eigenvalue weighted by Gasteiger charge is -2.03. The zero-order valence-corrected chi connectivity index (χ0v) is 8.03. The predicted octanol–water partition coefficient (Wildman–Crippen LogP) is 1.44. The molecule has 0 unspecified atom stereocenters. The van der Waals surface area contributed by atoms with Crippen LogP contribution in [0.4, 0.5) is 11.5 Å². The fourth-order valence-electron chi connectivity index (χ4n) is 1.12. The first-order chi connectivity index (χ1) is 7.58. The van der Waals surface area contributed by atoms with Gasteiger partial charge in [-0.15, -0.1) is 0 Å². The SMILES string of the molecule is O=[N+]([O-])c1cnc([N+](=O)[O-])c(OC2CC2)c1. The fraction of sp³-hybridized carbons (Fsp3) is 0.375. The summed E-state index contributed by atoms with van der Waals surface area (Å²) in [6, 6.07) is 1.03. The van der Waals surface area contributed by atoms with Gasteiger partial charge in [0.25, 0.3) is 0 Å². The lowest BCUT2D eigenvalue weighted by Crippen LogP contribution is -2.03. The molecule has 0 spiro atoms. The van der Waals surface area contributed by atoms with E-state index in [2.05, 4.69) is 4.98 Å². The maximum absolute atomic E-state index is 10.6. The highest BCUT2D eigenvalue weighted by molar-refractivity contribution is 5.46. The van der Waals surface area contributed by atoms with Crippen molar-refractivity contribution < 1.29 is 14.6 Å². The fourth-order valence-corrected chi connectivity index (χ4v) is 1.12. The number of nitrogens with zero attached hydrogens (tertiary/aromatic N) is 3. The van der Waals surface area contributed by atoms with Crippen molar-refractivity contribution in [3.63, 3.8) is 0 Å². The van der Waals surface area contributed by atoms with Crippen molar-refractivity contribution in [1.29, 1.82) is 0 Å². The number of ether oxygens (including phenoxy) is 1. The molecule has 1 aromatic rings. The predicted molar refractivity (Wildman–Crippen MR) is 51.2 cm³/mol. The Labute approximate surface area is 89.2 Å². The standard InChI is InChI=1S/C8H7N3O5/c12-10(13)5-3-7(16-6-1-2-6)8(9-4-5)11(14)15/h3-4,6H,1-2H2. The van der Waals surface area contributed by atoms with E-state index in [9.17, 15) is 20.2 Å². The van der Waals surface area contributed by atoms with Gasteiger partial charge in [-0.1, -0.05) is 0 Å². The zero-order valence-electron chi connectivity index (χ0n) is 8.03. The Morgan fingerprint density at radius 1 is 1.31 bits per heavy atom. The van der Waals surface area contributed by atoms with Crippen molar-refractivity contribution in [1.82, 2.24) is 4.98 Å². The highest BCUT2D eigenvalue weighted by Gasteiger charge is 2.29. The molecular weight excluding hydrogens is 218 g/mol. The average molecular weight is 225 g/mol. The van der Waals surface area contributed by atoms with Crippen molar-refractivity contribution in [2.24, 2.45) is 0 Å². The summed E-state index contributed by atoms with van der Waals surface area (Å²) in [5, 5.41) is 21.1. The highest BCUT2D eigenvalue weighted by atomic mass is 16.6. The van der Waals surface area contributed by atoms with Crippen LogP contribution in [0.1, 0.15) is 12.8 Å². The van der Waals surface area contributed by atoms with Gasteiger partial charge in [0.1, 0.15) is 0 Å². The van der Waals surface area contributed by atoms with Gasteiger partial charge in [0, 0.05) is 0 Å². The van der Waals surface area contributed by atoms with Crippen LogP contribution in [0.3, 0.4) is 0 Å². The van der Waals surface area contributed by atoms with Crippen molar-refractivity contribution in [3.05, 3.63) is 32.5 Å². The first-order valence-electron chi connectivity index (χ1n) is 4.53. The largest absolute Gasteiger partial charge is 0.482 e. The minimum Gasteiger partial charge on any atom is -0.482 e. The molecule has 1 saturated carbocycles. The van der Waals surface area contributed by atoms with Crippen LogP contribution >= 0.6 is 0 Å². The van der Waals surface area contributed by atoms with Gasteiger partial charge in [0.15, 0.2) is 0 Å². The summed E-state index contributed by atoms with van der Waals surface area (Å²) in [7, 11) is 0. The molecule has 8 heteroatoms. The van der Waals surface area contributed by atoms with E-state index in [1.807, 2.05) is 0 Å². The van der Waals surface area contributed by atoms with Crippen LogP contribution in [0.5, 0.6) is 5.75 Å². The van der Waals surface area contributed by atoms with Crippen LogP contribution in [-0.4, -0.2) is 20.9 Å². The Kier molecular flexibility index (Phi) is 2.39. The normalized spacial score (nSPS) is 14.5. The van der Waals surface area contributed by atoms with E-state index < -0.39 is 15.7 Å². The third-order valence-corrected chi connectivity index (χ3v) is 2.02. The van der Waals surface area contributed by atoms with Crippen molar-refractivity contribution >= 4 is 11.5 Å². The third kappa shape index (κ3) is 2.05. The van der Waals surface area contributed by atoms with Gasteiger partial charge in [-0.2, -0.15) is 0 Å². The van der Waals surface area contributed by atoms with Crippen LogP contribution < -0.4 is 4.74 Å². The second kappa shape index (κ2) is 3.72. The second-order valence-electron chi connectivity index (χ2n) is 3.35. The smallest absolute Gasteiger partial charge is 0.406 e. The molecule has 84 valence electrons. The molecule has 0 radical (unpaired) electrons. The highest BCUT2D eigenvalue weighted by Crippen LogP contribution is 2.33. The third-order valence-electron chi connectivity index (χ3n) is 2.02. The first-order valence-corrected chi connectivity index (χ1v) is 4.53. The van der Waals surface area contributed by atoms with Crippen LogP contribution in [0.2, 0.25) is 0 Å². The van der Waals surface area contributed by atoms with Gasteiger partial charge < -0.3 is 14.9 Å². The van der Waals surface area contributed by atoms with E-state index in [0.717, 1.165) is 25.1 Å². The molecule has 0 N–H and O–H groups in total. The number of hydrogen-bond donors (Lipinski definition) is 0. The molecule has 1 aromatic heterocycles. The lowest BCUT2D eigenvalue weighted by molar-refractivity contribution is -0.394. The summed E-state index contributed by atoms with van der Waals surface area (Å²) in [5.41, 5.74) is -0.318. The van der Waals surface area contributed by atoms with E-state index in [1.165, 1.54) is 0 Å². The molecular formula is C8H7N3O5. The van der Waals surface area contributed by atoms with Crippen molar-refractivity contribution in [2.45, 2.75) is 18.9 Å². The quantitative estimate of drug-likeness (QED) is 0.566. The first kappa shape index (κ1) is 10.3. The molecule has 1 aliphatic rings. The van der Waals surface area contributed by atoms with Crippen molar-refractivity contribution in [3.8, 4) is 5.75 Å². The summed E-state index contributed by atoms with van der Waals surface area (Å²) < 4.78 is 5.20. The van der Waals surface area contributed by atoms with Gasteiger partial charge in [-0.05, 0) is 22.7 Å². The molecule has 0 aromatic carbocycles. The van der Waals surface area contributed by atoms with Crippen LogP contribution in [0.15, 0.2) is 12.3 Å². The van der Waals surface area contributed by atoms with E-state index >= 15 is 0 Å². The molecule has 2 rings (SSSR count). The zero-order chi connectivity index (χ0) is 11.7. The van der Waals surface area contributed by atoms with Crippen molar-refractivity contribution in [2.75, 3.05) is 0 Å². The molecule has 1 fully saturated rings. The summed E-state index contributed by atoms with van der Waals surface area (Å²) in [6.07, 6.45) is 2.37. The summed E-state index contributed by atoms with van der Waals surface area (Å²) in [5.74, 6) is -0.626. The number of pyridine rings is 1. The van der Waals surface area contributed by atoms with E-state index in [-0.39, 0.29) is 17.5 Å². The Morgan fingerprint density at radius 3 is 2.50 bits per heavy atom. The number of aromatic nitrogens is 1. The Bertz CT molecular complexity index is 457. The molecule has 1 aliphatic carbocycles. The number of nitro groups is 2. The molecule has 0 bridgehead atoms. The maximum Gasteiger partial charge on any atom is 0.406 e. The molecule has 16 heavy (non-hydrogen) atoms. The average Bonchev–Trinajstić information content (AvgIpc) is 3.01. The molecule has 0 amide bonds. The molecule has 0 atom stereocenters. The summed E-state index contributed by atoms with van der Waals surface area (Å²) in [4.78, 5) is 23.1. The molecule has 8 nitrogen and oxygen atoms in total. The topological polar surface area (TPSA) is 108 Å². The van der Waals surface area contributed by atoms with Gasteiger partial charge in [0.05, 0.1) is 17.1 Å². The Balaban J connectivity index is 2.37. The van der Waals surface area contributed by atoms with Gasteiger partial charge in [-0.3, -0.25) is 10.1 Å². The van der Waals surface area contributed by atoms with Crippen LogP contribution in [0, 0.1) is 20.2 Å². The molecule has 1 heterocycles. The van der Waals surface area contributed by atoms with Gasteiger partial charge in [-0.25, -0.2) is 0 Å². The summed E-state index contributed by atoms with van der Waals surface area (Å²) in [6.45, 7) is 0. The van der Waals surface area contributed by atoms with Gasteiger partial charge >= 0.3 is 11.5 Å². The van der Waals surface area contributed by atoms with E-state index in [0.29, 0.717) is 0 Å². The van der Waals surface area contributed by atoms with E-state index in [4.69, 9.17) is 4.74 Å². The van der Waals surface area contributed by atoms with Crippen LogP contribution in [0.25, 0.3) is 0 Å². The monoisotopic (exact) mass is 225 g/mol. The lowest BCUT2D eigenvalue weighted by atomic mass is 10.4. The molecule has 0 aliphatic heterocycles. The number of rotatable bonds is 4. The second-order valence-corrected chi connectivity index (χ2v) is 3.35. The molecule has 0 saturated heterocycles. The minimum atomic E-state index is -0.721. The van der Waals surface area contributed by atoms with E-state index in [1.54, 1.807) is 0 Å². The number of hydrogen-bond acceptors (Lipinski definition) is 6. The minimum absolute atomic E-state index is 0.0810.